The zero-order valence-corrected chi connectivity index (χ0v) is 33.1. The lowest BCUT2D eigenvalue weighted by atomic mass is 9.85. The molecule has 7 nitrogen and oxygen atoms in total. The molecule has 1 aliphatic rings. The van der Waals surface area contributed by atoms with Crippen LogP contribution in [0.1, 0.15) is 16.8 Å². The number of benzene rings is 6. The summed E-state index contributed by atoms with van der Waals surface area (Å²) in [6.45, 7) is 5.25. The summed E-state index contributed by atoms with van der Waals surface area (Å²) in [6.07, 6.45) is 10.1. The number of aromatic nitrogens is 6. The van der Waals surface area contributed by atoms with Crippen molar-refractivity contribution < 1.29 is 0 Å². The topological polar surface area (TPSA) is 89.4 Å². The highest BCUT2D eigenvalue weighted by Gasteiger charge is 2.23. The second-order valence-corrected chi connectivity index (χ2v) is 15.2. The maximum Gasteiger partial charge on any atom is 0.164 e. The summed E-state index contributed by atoms with van der Waals surface area (Å²) in [5.74, 6) is 1.91. The van der Waals surface area contributed by atoms with Crippen LogP contribution in [-0.2, 0) is 0 Å². The summed E-state index contributed by atoms with van der Waals surface area (Å²) in [7, 11) is 0. The van der Waals surface area contributed by atoms with Crippen LogP contribution in [0.5, 0.6) is 0 Å². The van der Waals surface area contributed by atoms with Gasteiger partial charge < -0.3 is 5.32 Å². The van der Waals surface area contributed by atoms with Gasteiger partial charge in [-0.25, -0.2) is 24.9 Å². The van der Waals surface area contributed by atoms with E-state index in [2.05, 4.69) is 115 Å². The lowest BCUT2D eigenvalue weighted by molar-refractivity contribution is 0.974. The molecule has 0 atom stereocenters. The fraction of sp³-hybridized carbons (Fsp3) is 0.0566. The van der Waals surface area contributed by atoms with E-state index in [0.29, 0.717) is 17.5 Å². The molecule has 284 valence electrons. The van der Waals surface area contributed by atoms with Crippen molar-refractivity contribution >= 4 is 48.9 Å². The van der Waals surface area contributed by atoms with Crippen LogP contribution in [0.25, 0.3) is 105 Å². The molecule has 7 heteroatoms. The Morgan fingerprint density at radius 3 is 1.60 bits per heavy atom. The van der Waals surface area contributed by atoms with Crippen LogP contribution < -0.4 is 5.32 Å². The molecular weight excluding hydrogens is 735 g/mol. The van der Waals surface area contributed by atoms with Crippen LogP contribution in [0.4, 0.5) is 0 Å². The molecule has 1 N–H and O–H groups in total. The Bertz CT molecular complexity index is 3300. The molecule has 1 aliphatic heterocycles. The summed E-state index contributed by atoms with van der Waals surface area (Å²) < 4.78 is 0. The van der Waals surface area contributed by atoms with E-state index >= 15 is 0 Å². The number of rotatable bonds is 6. The highest BCUT2D eigenvalue weighted by molar-refractivity contribution is 6.25. The van der Waals surface area contributed by atoms with Crippen LogP contribution in [0, 0.1) is 13.8 Å². The molecule has 0 spiro atoms. The molecule has 0 amide bonds. The number of hydrogen-bond acceptors (Lipinski definition) is 7. The predicted octanol–water partition coefficient (Wildman–Crippen LogP) is 12.1. The molecular formula is C53H37N7. The quantitative estimate of drug-likeness (QED) is 0.133. The molecule has 0 bridgehead atoms. The smallest absolute Gasteiger partial charge is 0.164 e. The first-order valence-electron chi connectivity index (χ1n) is 20.2. The third-order valence-electron chi connectivity index (χ3n) is 11.6. The van der Waals surface area contributed by atoms with Gasteiger partial charge in [0.2, 0.25) is 0 Å². The van der Waals surface area contributed by atoms with Crippen molar-refractivity contribution in [3.8, 4) is 56.5 Å². The van der Waals surface area contributed by atoms with E-state index < -0.39 is 0 Å². The SMILES string of the molecule is Cc1c2c(-c3ccncc3)nc3ccccc3c2c(C)c2c(C3=CCNC=C3)nc3cc(-c4ccc(-c5nc(-c6ccccc6)nc(-c6ccccc6)n5)cc4)ccc3c12. The maximum absolute atomic E-state index is 5.53. The van der Waals surface area contributed by atoms with E-state index in [1.165, 1.54) is 27.3 Å². The zero-order valence-electron chi connectivity index (χ0n) is 33.1. The molecule has 0 radical (unpaired) electrons. The average Bonchev–Trinajstić information content (AvgIpc) is 3.33. The molecule has 60 heavy (non-hydrogen) atoms. The highest BCUT2D eigenvalue weighted by Crippen LogP contribution is 2.45. The van der Waals surface area contributed by atoms with Gasteiger partial charge in [-0.15, -0.1) is 0 Å². The number of fused-ring (bicyclic) bond motifs is 6. The van der Waals surface area contributed by atoms with Crippen molar-refractivity contribution in [3.05, 3.63) is 187 Å². The predicted molar refractivity (Wildman–Crippen MR) is 245 cm³/mol. The second kappa shape index (κ2) is 14.5. The first-order chi connectivity index (χ1) is 29.6. The number of para-hydroxylation sites is 1. The van der Waals surface area contributed by atoms with Gasteiger partial charge >= 0.3 is 0 Å². The third kappa shape index (κ3) is 5.98. The molecule has 0 unspecified atom stereocenters. The summed E-state index contributed by atoms with van der Waals surface area (Å²) in [6, 6.07) is 47.9. The van der Waals surface area contributed by atoms with Crippen molar-refractivity contribution in [3.63, 3.8) is 0 Å². The van der Waals surface area contributed by atoms with Crippen molar-refractivity contribution in [2.45, 2.75) is 13.8 Å². The summed E-state index contributed by atoms with van der Waals surface area (Å²) in [4.78, 5) is 29.9. The monoisotopic (exact) mass is 771 g/mol. The van der Waals surface area contributed by atoms with E-state index in [9.17, 15) is 0 Å². The summed E-state index contributed by atoms with van der Waals surface area (Å²) in [5, 5.41) is 10.3. The molecule has 5 heterocycles. The maximum atomic E-state index is 5.53. The Hall–Kier alpha value is -7.90. The van der Waals surface area contributed by atoms with E-state index in [4.69, 9.17) is 24.9 Å². The molecule has 0 saturated carbocycles. The Labute approximate surface area is 346 Å². The minimum Gasteiger partial charge on any atom is -0.387 e. The molecule has 0 aliphatic carbocycles. The molecule has 10 aromatic rings. The summed E-state index contributed by atoms with van der Waals surface area (Å²) >= 11 is 0. The molecule has 11 rings (SSSR count). The average molecular weight is 772 g/mol. The Morgan fingerprint density at radius 2 is 0.967 bits per heavy atom. The van der Waals surface area contributed by atoms with Crippen molar-refractivity contribution in [1.29, 1.82) is 0 Å². The normalized spacial score (nSPS) is 12.6. The fourth-order valence-corrected chi connectivity index (χ4v) is 8.72. The van der Waals surface area contributed by atoms with Crippen molar-refractivity contribution in [1.82, 2.24) is 35.2 Å². The minimum absolute atomic E-state index is 0.625. The van der Waals surface area contributed by atoms with Crippen molar-refractivity contribution in [2.24, 2.45) is 0 Å². The first-order valence-corrected chi connectivity index (χ1v) is 20.2. The summed E-state index contributed by atoms with van der Waals surface area (Å²) in [5.41, 5.74) is 13.3. The molecule has 0 saturated heterocycles. The number of allylic oxidation sites excluding steroid dienone is 2. The van der Waals surface area contributed by atoms with E-state index in [1.807, 2.05) is 79.3 Å². The van der Waals surface area contributed by atoms with Crippen molar-refractivity contribution in [2.75, 3.05) is 6.54 Å². The molecule has 4 aromatic heterocycles. The van der Waals surface area contributed by atoms with Gasteiger partial charge in [0.05, 0.1) is 22.4 Å². The standard InChI is InChI=1S/C53H37N7/c1-32-45-41-15-9-10-16-43(41)56-49(35-23-27-54-28-24-35)47(45)33(2)46-42-22-21-40(31-44(42)57-50(48(32)46)36-25-29-55-30-26-36)34-17-19-39(20-18-34)53-59-51(37-11-5-3-6-12-37)58-52(60-53)38-13-7-4-8-14-38/h3-29,31,55H,30H2,1-2H3. The Kier molecular flexibility index (Phi) is 8.52. The van der Waals surface area contributed by atoms with E-state index in [1.54, 1.807) is 0 Å². The lowest BCUT2D eigenvalue weighted by Gasteiger charge is -2.21. The zero-order chi connectivity index (χ0) is 40.2. The van der Waals surface area contributed by atoms with Gasteiger partial charge in [-0.05, 0) is 89.0 Å². The largest absolute Gasteiger partial charge is 0.387 e. The first kappa shape index (κ1) is 35.3. The van der Waals surface area contributed by atoms with Crippen LogP contribution >= 0.6 is 0 Å². The van der Waals surface area contributed by atoms with E-state index in [-0.39, 0.29) is 0 Å². The Morgan fingerprint density at radius 1 is 0.433 bits per heavy atom. The van der Waals surface area contributed by atoms with Crippen LogP contribution in [-0.4, -0.2) is 36.4 Å². The number of dihydropyridines is 1. The molecule has 6 aromatic carbocycles. The molecule has 0 fully saturated rings. The van der Waals surface area contributed by atoms with Gasteiger partial charge in [-0.1, -0.05) is 121 Å². The van der Waals surface area contributed by atoms with Gasteiger partial charge in [0.25, 0.3) is 0 Å². The minimum atomic E-state index is 0.625. The number of hydrogen-bond donors (Lipinski definition) is 1. The van der Waals surface area contributed by atoms with Gasteiger partial charge in [0.1, 0.15) is 0 Å². The van der Waals surface area contributed by atoms with Crippen LogP contribution in [0.15, 0.2) is 170 Å². The van der Waals surface area contributed by atoms with Gasteiger partial charge in [-0.3, -0.25) is 4.98 Å². The van der Waals surface area contributed by atoms with E-state index in [0.717, 1.165) is 84.1 Å². The lowest BCUT2D eigenvalue weighted by Crippen LogP contribution is -2.09. The number of nitrogens with zero attached hydrogens (tertiary/aromatic N) is 6. The number of nitrogens with one attached hydrogen (secondary N) is 1. The number of aryl methyl sites for hydroxylation is 2. The second-order valence-electron chi connectivity index (χ2n) is 15.2. The van der Waals surface area contributed by atoms with Gasteiger partial charge in [0.15, 0.2) is 17.5 Å². The third-order valence-corrected chi connectivity index (χ3v) is 11.6. The van der Waals surface area contributed by atoms with Crippen LogP contribution in [0.2, 0.25) is 0 Å². The van der Waals surface area contributed by atoms with Gasteiger partial charge in [-0.2, -0.15) is 0 Å². The fourth-order valence-electron chi connectivity index (χ4n) is 8.72. The van der Waals surface area contributed by atoms with Gasteiger partial charge in [0, 0.05) is 62.7 Å². The number of pyridine rings is 3. The van der Waals surface area contributed by atoms with Crippen LogP contribution in [0.3, 0.4) is 0 Å². The Balaban J connectivity index is 1.09. The highest BCUT2D eigenvalue weighted by atomic mass is 15.0.